The van der Waals surface area contributed by atoms with Gasteiger partial charge in [-0.3, -0.25) is 0 Å². The van der Waals surface area contributed by atoms with Crippen molar-refractivity contribution in [3.05, 3.63) is 70.8 Å². The minimum absolute atomic E-state index is 0.268. The molecule has 0 N–H and O–H groups in total. The van der Waals surface area contributed by atoms with E-state index in [0.29, 0.717) is 5.92 Å². The number of benzene rings is 2. The van der Waals surface area contributed by atoms with Crippen molar-refractivity contribution in [1.82, 2.24) is 0 Å². The van der Waals surface area contributed by atoms with Gasteiger partial charge in [0.1, 0.15) is 0 Å². The average molecular weight is 236 g/mol. The second-order valence-corrected chi connectivity index (χ2v) is 5.26. The summed E-state index contributed by atoms with van der Waals surface area (Å²) in [5.74, 6) is 0.546. The normalized spacial score (nSPS) is 24.9. The average Bonchev–Trinajstić information content (AvgIpc) is 2.84. The van der Waals surface area contributed by atoms with Gasteiger partial charge >= 0.3 is 0 Å². The predicted molar refractivity (Wildman–Crippen MR) is 71.7 cm³/mol. The molecule has 0 aromatic heterocycles. The van der Waals surface area contributed by atoms with E-state index in [1.54, 1.807) is 0 Å². The lowest BCUT2D eigenvalue weighted by Crippen LogP contribution is -2.05. The van der Waals surface area contributed by atoms with Crippen LogP contribution in [0.1, 0.15) is 40.7 Å². The molecule has 90 valence electrons. The molecule has 0 spiro atoms. The zero-order valence-electron chi connectivity index (χ0n) is 10.3. The van der Waals surface area contributed by atoms with Gasteiger partial charge in [-0.25, -0.2) is 0 Å². The zero-order chi connectivity index (χ0) is 11.9. The summed E-state index contributed by atoms with van der Waals surface area (Å²) in [5.41, 5.74) is 5.80. The van der Waals surface area contributed by atoms with E-state index in [1.165, 1.54) is 22.3 Å². The van der Waals surface area contributed by atoms with Crippen molar-refractivity contribution in [3.63, 3.8) is 0 Å². The van der Waals surface area contributed by atoms with Crippen LogP contribution in [-0.2, 0) is 11.2 Å². The second kappa shape index (κ2) is 3.96. The van der Waals surface area contributed by atoms with E-state index < -0.39 is 0 Å². The quantitative estimate of drug-likeness (QED) is 0.675. The highest BCUT2D eigenvalue weighted by molar-refractivity contribution is 5.44. The number of hydrogen-bond donors (Lipinski definition) is 0. The van der Waals surface area contributed by atoms with Gasteiger partial charge in [0.15, 0.2) is 0 Å². The summed E-state index contributed by atoms with van der Waals surface area (Å²) < 4.78 is 6.02. The molecule has 0 saturated carbocycles. The van der Waals surface area contributed by atoms with Crippen molar-refractivity contribution in [3.8, 4) is 0 Å². The van der Waals surface area contributed by atoms with Crippen LogP contribution >= 0.6 is 0 Å². The van der Waals surface area contributed by atoms with Crippen LogP contribution in [0.4, 0.5) is 0 Å². The fourth-order valence-electron chi connectivity index (χ4n) is 3.45. The first-order chi connectivity index (χ1) is 8.93. The van der Waals surface area contributed by atoms with Crippen LogP contribution in [0.25, 0.3) is 0 Å². The van der Waals surface area contributed by atoms with Gasteiger partial charge in [0.05, 0.1) is 6.10 Å². The standard InChI is InChI=1S/C17H16O/c1-3-7-14-12(5-1)11-13-6-2-4-8-15(13)17-16(14)9-10-18-17/h1-8,16-17H,9-11H2/t16-,17+/m1/s1. The van der Waals surface area contributed by atoms with E-state index in [0.717, 1.165) is 19.4 Å². The summed E-state index contributed by atoms with van der Waals surface area (Å²) in [6.45, 7) is 0.887. The highest BCUT2D eigenvalue weighted by Crippen LogP contribution is 2.46. The maximum Gasteiger partial charge on any atom is 0.0897 e. The molecule has 1 heterocycles. The molecule has 18 heavy (non-hydrogen) atoms. The third kappa shape index (κ3) is 1.44. The van der Waals surface area contributed by atoms with Gasteiger partial charge in [0, 0.05) is 12.5 Å². The van der Waals surface area contributed by atoms with E-state index in [1.807, 2.05) is 0 Å². The van der Waals surface area contributed by atoms with Gasteiger partial charge in [-0.2, -0.15) is 0 Å². The SMILES string of the molecule is c1ccc2c(c1)Cc1ccccc1[C@@H]1OCC[C@H]21. The van der Waals surface area contributed by atoms with E-state index in [-0.39, 0.29) is 6.10 Å². The predicted octanol–water partition coefficient (Wildman–Crippen LogP) is 3.84. The summed E-state index contributed by atoms with van der Waals surface area (Å²) in [6.07, 6.45) is 2.46. The molecule has 1 saturated heterocycles. The van der Waals surface area contributed by atoms with Crippen molar-refractivity contribution in [2.45, 2.75) is 24.9 Å². The maximum absolute atomic E-state index is 6.02. The molecule has 0 radical (unpaired) electrons. The highest BCUT2D eigenvalue weighted by atomic mass is 16.5. The number of hydrogen-bond acceptors (Lipinski definition) is 1. The Bertz CT molecular complexity index is 536. The molecule has 4 rings (SSSR count). The summed E-state index contributed by atoms with van der Waals surface area (Å²) in [5, 5.41) is 0. The molecule has 1 nitrogen and oxygen atoms in total. The lowest BCUT2D eigenvalue weighted by atomic mass is 9.88. The van der Waals surface area contributed by atoms with Gasteiger partial charge in [-0.05, 0) is 35.1 Å². The molecule has 1 aliphatic carbocycles. The molecule has 1 aliphatic heterocycles. The molecular formula is C17H16O. The van der Waals surface area contributed by atoms with Gasteiger partial charge in [-0.15, -0.1) is 0 Å². The van der Waals surface area contributed by atoms with Crippen LogP contribution in [-0.4, -0.2) is 6.61 Å². The molecular weight excluding hydrogens is 220 g/mol. The van der Waals surface area contributed by atoms with Crippen molar-refractivity contribution < 1.29 is 4.74 Å². The maximum atomic E-state index is 6.02. The van der Waals surface area contributed by atoms with E-state index in [9.17, 15) is 0 Å². The number of fused-ring (bicyclic) bond motifs is 5. The number of rotatable bonds is 0. The van der Waals surface area contributed by atoms with E-state index in [2.05, 4.69) is 48.5 Å². The van der Waals surface area contributed by atoms with Crippen LogP contribution < -0.4 is 0 Å². The molecule has 0 bridgehead atoms. The summed E-state index contributed by atoms with van der Waals surface area (Å²) in [7, 11) is 0. The monoisotopic (exact) mass is 236 g/mol. The Hall–Kier alpha value is -1.60. The Morgan fingerprint density at radius 2 is 1.50 bits per heavy atom. The first kappa shape index (κ1) is 10.3. The summed E-state index contributed by atoms with van der Waals surface area (Å²) in [6, 6.07) is 17.6. The first-order valence-corrected chi connectivity index (χ1v) is 6.71. The van der Waals surface area contributed by atoms with Gasteiger partial charge in [0.2, 0.25) is 0 Å². The van der Waals surface area contributed by atoms with Crippen molar-refractivity contribution in [2.75, 3.05) is 6.61 Å². The summed E-state index contributed by atoms with van der Waals surface area (Å²) in [4.78, 5) is 0. The Balaban J connectivity index is 1.95. The lowest BCUT2D eigenvalue weighted by Gasteiger charge is -2.19. The molecule has 2 aromatic carbocycles. The number of ether oxygens (including phenoxy) is 1. The van der Waals surface area contributed by atoms with E-state index >= 15 is 0 Å². The van der Waals surface area contributed by atoms with Crippen LogP contribution in [0, 0.1) is 0 Å². The van der Waals surface area contributed by atoms with Crippen LogP contribution in [0.5, 0.6) is 0 Å². The molecule has 1 heteroatoms. The highest BCUT2D eigenvalue weighted by Gasteiger charge is 2.35. The summed E-state index contributed by atoms with van der Waals surface area (Å²) >= 11 is 0. The molecule has 1 fully saturated rings. The van der Waals surface area contributed by atoms with Gasteiger partial charge in [0.25, 0.3) is 0 Å². The molecule has 0 amide bonds. The third-order valence-electron chi connectivity index (χ3n) is 4.29. The van der Waals surface area contributed by atoms with Crippen molar-refractivity contribution in [1.29, 1.82) is 0 Å². The van der Waals surface area contributed by atoms with Crippen molar-refractivity contribution in [2.24, 2.45) is 0 Å². The first-order valence-electron chi connectivity index (χ1n) is 6.71. The fraction of sp³-hybridized carbons (Fsp3) is 0.294. The fourth-order valence-corrected chi connectivity index (χ4v) is 3.45. The minimum Gasteiger partial charge on any atom is -0.373 e. The Labute approximate surface area is 107 Å². The Kier molecular flexibility index (Phi) is 2.27. The molecule has 0 unspecified atom stereocenters. The lowest BCUT2D eigenvalue weighted by molar-refractivity contribution is 0.104. The van der Waals surface area contributed by atoms with E-state index in [4.69, 9.17) is 4.74 Å². The Morgan fingerprint density at radius 3 is 2.33 bits per heavy atom. The minimum atomic E-state index is 0.268. The zero-order valence-corrected chi connectivity index (χ0v) is 10.3. The topological polar surface area (TPSA) is 9.23 Å². The van der Waals surface area contributed by atoms with Gasteiger partial charge in [-0.1, -0.05) is 48.5 Å². The molecule has 2 aromatic rings. The van der Waals surface area contributed by atoms with Crippen LogP contribution in [0.3, 0.4) is 0 Å². The van der Waals surface area contributed by atoms with Crippen molar-refractivity contribution >= 4 is 0 Å². The smallest absolute Gasteiger partial charge is 0.0897 e. The Morgan fingerprint density at radius 1 is 0.833 bits per heavy atom. The molecule has 2 aliphatic rings. The van der Waals surface area contributed by atoms with Gasteiger partial charge < -0.3 is 4.74 Å². The third-order valence-corrected chi connectivity index (χ3v) is 4.29. The van der Waals surface area contributed by atoms with Crippen LogP contribution in [0.15, 0.2) is 48.5 Å². The van der Waals surface area contributed by atoms with Crippen LogP contribution in [0.2, 0.25) is 0 Å². The molecule has 2 atom stereocenters. The largest absolute Gasteiger partial charge is 0.373 e. The second-order valence-electron chi connectivity index (χ2n) is 5.26.